The summed E-state index contributed by atoms with van der Waals surface area (Å²) in [6.07, 6.45) is 1.68. The van der Waals surface area contributed by atoms with Crippen molar-refractivity contribution in [1.29, 1.82) is 0 Å². The Morgan fingerprint density at radius 1 is 1.27 bits per heavy atom. The number of pyridine rings is 1. The van der Waals surface area contributed by atoms with Gasteiger partial charge >= 0.3 is 0 Å². The number of halogens is 1. The third-order valence-electron chi connectivity index (χ3n) is 2.76. The van der Waals surface area contributed by atoms with Crippen molar-refractivity contribution < 1.29 is 4.74 Å². The normalized spacial score (nSPS) is 10.4. The first kappa shape index (κ1) is 16.5. The summed E-state index contributed by atoms with van der Waals surface area (Å²) in [5, 5.41) is 7.34. The summed E-state index contributed by atoms with van der Waals surface area (Å²) in [5.74, 6) is 1.20. The van der Waals surface area contributed by atoms with Crippen LogP contribution in [-0.2, 0) is 6.61 Å². The van der Waals surface area contributed by atoms with Crippen LogP contribution in [0.25, 0.3) is 0 Å². The third kappa shape index (κ3) is 4.86. The fourth-order valence-corrected chi connectivity index (χ4v) is 2.30. The van der Waals surface area contributed by atoms with Crippen molar-refractivity contribution in [3.8, 4) is 5.75 Å². The highest BCUT2D eigenvalue weighted by Crippen LogP contribution is 2.23. The lowest BCUT2D eigenvalue weighted by molar-refractivity contribution is 0.307. The van der Waals surface area contributed by atoms with Gasteiger partial charge in [-0.05, 0) is 44.3 Å². The third-order valence-corrected chi connectivity index (χ3v) is 3.35. The van der Waals surface area contributed by atoms with E-state index in [0.29, 0.717) is 28.3 Å². The zero-order valence-corrected chi connectivity index (χ0v) is 14.0. The second-order valence-corrected chi connectivity index (χ2v) is 5.80. The molecule has 0 saturated heterocycles. The summed E-state index contributed by atoms with van der Waals surface area (Å²) in [7, 11) is 0. The van der Waals surface area contributed by atoms with Gasteiger partial charge in [0, 0.05) is 22.8 Å². The van der Waals surface area contributed by atoms with Crippen LogP contribution < -0.4 is 15.4 Å². The van der Waals surface area contributed by atoms with Gasteiger partial charge in [-0.1, -0.05) is 29.8 Å². The fraction of sp³-hybridized carbons (Fsp3) is 0.250. The maximum atomic E-state index is 6.13. The number of thiocarbonyl (C=S) groups is 1. The molecule has 2 N–H and O–H groups in total. The molecule has 0 atom stereocenters. The van der Waals surface area contributed by atoms with Gasteiger partial charge in [0.2, 0.25) is 0 Å². The maximum Gasteiger partial charge on any atom is 0.174 e. The summed E-state index contributed by atoms with van der Waals surface area (Å²) in [4.78, 5) is 4.26. The van der Waals surface area contributed by atoms with Gasteiger partial charge in [-0.25, -0.2) is 4.98 Å². The number of ether oxygens (including phenoxy) is 1. The Labute approximate surface area is 140 Å². The van der Waals surface area contributed by atoms with Crippen molar-refractivity contribution in [1.82, 2.24) is 10.3 Å². The monoisotopic (exact) mass is 335 g/mol. The van der Waals surface area contributed by atoms with E-state index in [9.17, 15) is 0 Å². The first-order valence-electron chi connectivity index (χ1n) is 6.95. The lowest BCUT2D eigenvalue weighted by atomic mass is 10.2. The lowest BCUT2D eigenvalue weighted by Gasteiger charge is -2.15. The Morgan fingerprint density at radius 2 is 2.05 bits per heavy atom. The molecule has 0 saturated carbocycles. The quantitative estimate of drug-likeness (QED) is 0.808. The zero-order valence-electron chi connectivity index (χ0n) is 12.5. The molecule has 1 aromatic carbocycles. The molecule has 0 bridgehead atoms. The molecule has 2 rings (SSSR count). The molecule has 1 heterocycles. The Bertz CT molecular complexity index is 649. The van der Waals surface area contributed by atoms with Gasteiger partial charge in [-0.3, -0.25) is 0 Å². The number of nitrogens with one attached hydrogen (secondary N) is 2. The van der Waals surface area contributed by atoms with E-state index in [0.717, 1.165) is 5.56 Å². The van der Waals surface area contributed by atoms with E-state index in [1.165, 1.54) is 0 Å². The molecule has 0 aliphatic rings. The molecule has 1 aromatic heterocycles. The predicted octanol–water partition coefficient (Wildman–Crippen LogP) is 4.01. The highest BCUT2D eigenvalue weighted by atomic mass is 35.5. The van der Waals surface area contributed by atoms with Gasteiger partial charge in [0.1, 0.15) is 6.61 Å². The van der Waals surface area contributed by atoms with Crippen LogP contribution in [0.2, 0.25) is 5.02 Å². The van der Waals surface area contributed by atoms with Crippen molar-refractivity contribution >= 4 is 34.7 Å². The smallest absolute Gasteiger partial charge is 0.174 e. The average Bonchev–Trinajstić information content (AvgIpc) is 2.47. The van der Waals surface area contributed by atoms with Gasteiger partial charge in [0.05, 0.1) is 0 Å². The van der Waals surface area contributed by atoms with Crippen molar-refractivity contribution in [3.63, 3.8) is 0 Å². The summed E-state index contributed by atoms with van der Waals surface area (Å²) in [5.41, 5.74) is 0.918. The molecular formula is C16H18ClN3OS. The topological polar surface area (TPSA) is 46.2 Å². The van der Waals surface area contributed by atoms with E-state index in [4.69, 9.17) is 28.6 Å². The first-order chi connectivity index (χ1) is 10.6. The zero-order chi connectivity index (χ0) is 15.9. The van der Waals surface area contributed by atoms with Gasteiger partial charge in [0.25, 0.3) is 0 Å². The number of hydrogen-bond acceptors (Lipinski definition) is 3. The van der Waals surface area contributed by atoms with Crippen LogP contribution in [0.1, 0.15) is 19.4 Å². The first-order valence-corrected chi connectivity index (χ1v) is 7.73. The van der Waals surface area contributed by atoms with Crippen molar-refractivity contribution in [3.05, 3.63) is 53.2 Å². The second kappa shape index (κ2) is 7.96. The van der Waals surface area contributed by atoms with Crippen LogP contribution in [0.15, 0.2) is 42.6 Å². The SMILES string of the molecule is CC(C)NC(=S)Nc1ncccc1OCc1ccccc1Cl. The van der Waals surface area contributed by atoms with Crippen LogP contribution in [0.3, 0.4) is 0 Å². The number of rotatable bonds is 5. The van der Waals surface area contributed by atoms with E-state index in [1.54, 1.807) is 6.20 Å². The summed E-state index contributed by atoms with van der Waals surface area (Å²) in [6.45, 7) is 4.40. The van der Waals surface area contributed by atoms with E-state index < -0.39 is 0 Å². The lowest BCUT2D eigenvalue weighted by Crippen LogP contribution is -2.34. The maximum absolute atomic E-state index is 6.13. The Kier molecular flexibility index (Phi) is 5.98. The predicted molar refractivity (Wildman–Crippen MR) is 94.5 cm³/mol. The molecule has 0 aliphatic heterocycles. The molecule has 4 nitrogen and oxygen atoms in total. The van der Waals surface area contributed by atoms with Crippen LogP contribution >= 0.6 is 23.8 Å². The van der Waals surface area contributed by atoms with Crippen LogP contribution in [0, 0.1) is 0 Å². The molecule has 0 radical (unpaired) electrons. The van der Waals surface area contributed by atoms with Gasteiger partial charge in [-0.2, -0.15) is 0 Å². The summed E-state index contributed by atoms with van der Waals surface area (Å²) >= 11 is 11.4. The largest absolute Gasteiger partial charge is 0.485 e. The summed E-state index contributed by atoms with van der Waals surface area (Å²) in [6, 6.07) is 11.5. The average molecular weight is 336 g/mol. The number of aromatic nitrogens is 1. The Morgan fingerprint density at radius 3 is 2.77 bits per heavy atom. The summed E-state index contributed by atoms with van der Waals surface area (Å²) < 4.78 is 5.81. The second-order valence-electron chi connectivity index (χ2n) is 4.98. The number of benzene rings is 1. The van der Waals surface area contributed by atoms with E-state index in [2.05, 4.69) is 15.6 Å². The van der Waals surface area contributed by atoms with Crippen molar-refractivity contribution in [2.75, 3.05) is 5.32 Å². The molecular weight excluding hydrogens is 318 g/mol. The van der Waals surface area contributed by atoms with Gasteiger partial charge < -0.3 is 15.4 Å². The van der Waals surface area contributed by atoms with Crippen molar-refractivity contribution in [2.45, 2.75) is 26.5 Å². The molecule has 0 spiro atoms. The van der Waals surface area contributed by atoms with E-state index in [1.807, 2.05) is 50.2 Å². The van der Waals surface area contributed by atoms with Crippen LogP contribution in [-0.4, -0.2) is 16.1 Å². The number of anilines is 1. The molecule has 0 unspecified atom stereocenters. The highest BCUT2D eigenvalue weighted by molar-refractivity contribution is 7.80. The molecule has 0 fully saturated rings. The van der Waals surface area contributed by atoms with Crippen LogP contribution in [0.5, 0.6) is 5.75 Å². The van der Waals surface area contributed by atoms with E-state index >= 15 is 0 Å². The Hall–Kier alpha value is -1.85. The Balaban J connectivity index is 2.05. The minimum atomic E-state index is 0.246. The van der Waals surface area contributed by atoms with E-state index in [-0.39, 0.29) is 6.04 Å². The molecule has 0 amide bonds. The van der Waals surface area contributed by atoms with Crippen LogP contribution in [0.4, 0.5) is 5.82 Å². The van der Waals surface area contributed by atoms with Gasteiger partial charge in [-0.15, -0.1) is 0 Å². The fourth-order valence-electron chi connectivity index (χ4n) is 1.78. The van der Waals surface area contributed by atoms with Gasteiger partial charge in [0.15, 0.2) is 16.7 Å². The number of nitrogens with zero attached hydrogens (tertiary/aromatic N) is 1. The minimum absolute atomic E-state index is 0.246. The standard InChI is InChI=1S/C16H18ClN3OS/c1-11(2)19-16(22)20-15-14(8-5-9-18-15)21-10-12-6-3-4-7-13(12)17/h3-9,11H,10H2,1-2H3,(H2,18,19,20,22). The van der Waals surface area contributed by atoms with Crippen molar-refractivity contribution in [2.24, 2.45) is 0 Å². The molecule has 22 heavy (non-hydrogen) atoms. The minimum Gasteiger partial charge on any atom is -0.485 e. The molecule has 6 heteroatoms. The molecule has 2 aromatic rings. The highest BCUT2D eigenvalue weighted by Gasteiger charge is 2.08. The molecule has 0 aliphatic carbocycles. The molecule has 116 valence electrons. The number of hydrogen-bond donors (Lipinski definition) is 2.